The van der Waals surface area contributed by atoms with E-state index in [0.29, 0.717) is 5.69 Å². The average molecular weight is 481 g/mol. The molecule has 7 nitrogen and oxygen atoms in total. The Morgan fingerprint density at radius 1 is 0.970 bits per heavy atom. The fourth-order valence-electron chi connectivity index (χ4n) is 2.78. The van der Waals surface area contributed by atoms with E-state index in [-0.39, 0.29) is 59.6 Å². The molecule has 3 aromatic carbocycles. The van der Waals surface area contributed by atoms with Crippen LogP contribution in [0.2, 0.25) is 5.02 Å². The molecule has 166 valence electrons. The van der Waals surface area contributed by atoms with Crippen molar-refractivity contribution in [2.45, 2.75) is 0 Å². The minimum absolute atomic E-state index is 0. The van der Waals surface area contributed by atoms with Gasteiger partial charge in [-0.3, -0.25) is 9.59 Å². The Hall–Kier alpha value is -2.91. The van der Waals surface area contributed by atoms with E-state index in [2.05, 4.69) is 10.6 Å². The van der Waals surface area contributed by atoms with Crippen LogP contribution in [0.25, 0.3) is 11.1 Å². The SMILES string of the molecule is O=C(COC(=O)CNc1ccc(-c2ccc(F)cc2)cc1)Nc1ccc(Cl)cc1C(=O)O.[H-].[Na+]. The minimum atomic E-state index is -1.26. The Balaban J connectivity index is 0.00000289. The maximum Gasteiger partial charge on any atom is 1.00 e. The Kier molecular flexibility index (Phi) is 9.87. The third kappa shape index (κ3) is 7.87. The van der Waals surface area contributed by atoms with Crippen LogP contribution in [0, 0.1) is 5.82 Å². The quantitative estimate of drug-likeness (QED) is 0.334. The molecule has 3 N–H and O–H groups in total. The van der Waals surface area contributed by atoms with Crippen molar-refractivity contribution in [2.24, 2.45) is 0 Å². The first-order valence-corrected chi connectivity index (χ1v) is 9.78. The number of rotatable bonds is 8. The predicted octanol–water partition coefficient (Wildman–Crippen LogP) is 1.55. The first-order chi connectivity index (χ1) is 15.3. The van der Waals surface area contributed by atoms with Crippen molar-refractivity contribution in [2.75, 3.05) is 23.8 Å². The fourth-order valence-corrected chi connectivity index (χ4v) is 2.95. The van der Waals surface area contributed by atoms with Gasteiger partial charge in [0.2, 0.25) is 0 Å². The van der Waals surface area contributed by atoms with Gasteiger partial charge >= 0.3 is 41.5 Å². The van der Waals surface area contributed by atoms with Crippen LogP contribution in [0.15, 0.2) is 66.7 Å². The summed E-state index contributed by atoms with van der Waals surface area (Å²) in [5.74, 6) is -2.92. The summed E-state index contributed by atoms with van der Waals surface area (Å²) >= 11 is 5.76. The summed E-state index contributed by atoms with van der Waals surface area (Å²) in [6.45, 7) is -0.754. The molecule has 0 heterocycles. The van der Waals surface area contributed by atoms with E-state index >= 15 is 0 Å². The maximum absolute atomic E-state index is 13.0. The largest absolute Gasteiger partial charge is 1.00 e. The van der Waals surface area contributed by atoms with E-state index < -0.39 is 24.5 Å². The molecule has 10 heteroatoms. The summed E-state index contributed by atoms with van der Waals surface area (Å²) in [4.78, 5) is 35.1. The van der Waals surface area contributed by atoms with E-state index in [1.165, 1.54) is 30.3 Å². The van der Waals surface area contributed by atoms with E-state index in [1.807, 2.05) is 12.1 Å². The van der Waals surface area contributed by atoms with Gasteiger partial charge in [-0.2, -0.15) is 0 Å². The van der Waals surface area contributed by atoms with Crippen LogP contribution in [0.1, 0.15) is 11.8 Å². The molecule has 3 aromatic rings. The van der Waals surface area contributed by atoms with Crippen molar-refractivity contribution in [1.29, 1.82) is 0 Å². The second-order valence-corrected chi connectivity index (χ2v) is 7.08. The molecule has 0 unspecified atom stereocenters. The molecule has 0 aliphatic heterocycles. The van der Waals surface area contributed by atoms with Gasteiger partial charge in [-0.15, -0.1) is 0 Å². The number of ether oxygens (including phenoxy) is 1. The van der Waals surface area contributed by atoms with Gasteiger partial charge in [0.15, 0.2) is 6.61 Å². The molecule has 33 heavy (non-hydrogen) atoms. The van der Waals surface area contributed by atoms with Crippen molar-refractivity contribution in [3.05, 3.63) is 83.1 Å². The third-order valence-electron chi connectivity index (χ3n) is 4.35. The molecule has 0 aromatic heterocycles. The van der Waals surface area contributed by atoms with Crippen molar-refractivity contribution in [3.63, 3.8) is 0 Å². The van der Waals surface area contributed by atoms with Crippen LogP contribution in [0.3, 0.4) is 0 Å². The second kappa shape index (κ2) is 12.4. The van der Waals surface area contributed by atoms with E-state index in [0.717, 1.165) is 11.1 Å². The molecule has 0 saturated carbocycles. The number of carbonyl (C=O) groups excluding carboxylic acids is 2. The summed E-state index contributed by atoms with van der Waals surface area (Å²) in [6.07, 6.45) is 0. The van der Waals surface area contributed by atoms with Crippen LogP contribution in [-0.2, 0) is 14.3 Å². The topological polar surface area (TPSA) is 105 Å². The Morgan fingerprint density at radius 3 is 2.18 bits per heavy atom. The number of esters is 1. The standard InChI is InChI=1S/C23H18ClFN2O5.Na.H/c24-16-5-10-20(19(11-16)23(30)31)27-21(28)13-32-22(29)12-26-18-8-3-15(4-9-18)14-1-6-17(25)7-2-14;;/h1-11,26H,12-13H2,(H,27,28)(H,30,31);;/q;+1;-1. The zero-order chi connectivity index (χ0) is 23.1. The molecular formula is C23H19ClFN2NaO5. The number of hydrogen-bond acceptors (Lipinski definition) is 5. The van der Waals surface area contributed by atoms with Gasteiger partial charge in [-0.1, -0.05) is 35.9 Å². The second-order valence-electron chi connectivity index (χ2n) is 6.64. The van der Waals surface area contributed by atoms with Crippen LogP contribution in [-0.4, -0.2) is 36.1 Å². The summed E-state index contributed by atoms with van der Waals surface area (Å²) in [5.41, 5.74) is 2.27. The molecule has 0 aliphatic rings. The number of amides is 1. The minimum Gasteiger partial charge on any atom is -1.00 e. The number of carboxylic acids is 1. The van der Waals surface area contributed by atoms with E-state index in [1.54, 1.807) is 24.3 Å². The van der Waals surface area contributed by atoms with Gasteiger partial charge in [-0.05, 0) is 53.6 Å². The fraction of sp³-hybridized carbons (Fsp3) is 0.0870. The molecule has 0 spiro atoms. The number of carbonyl (C=O) groups is 3. The molecule has 3 rings (SSSR count). The molecule has 0 atom stereocenters. The van der Waals surface area contributed by atoms with Gasteiger partial charge in [0.05, 0.1) is 11.3 Å². The number of carboxylic acid groups (broad SMARTS) is 1. The van der Waals surface area contributed by atoms with Crippen molar-refractivity contribution >= 4 is 40.8 Å². The summed E-state index contributed by atoms with van der Waals surface area (Å²) in [6, 6.07) is 17.2. The Morgan fingerprint density at radius 2 is 1.58 bits per heavy atom. The van der Waals surface area contributed by atoms with Crippen molar-refractivity contribution in [3.8, 4) is 11.1 Å². The summed E-state index contributed by atoms with van der Waals surface area (Å²) < 4.78 is 17.9. The average Bonchev–Trinajstić information content (AvgIpc) is 2.78. The van der Waals surface area contributed by atoms with Crippen molar-refractivity contribution in [1.82, 2.24) is 0 Å². The molecule has 0 saturated heterocycles. The third-order valence-corrected chi connectivity index (χ3v) is 4.58. The normalized spacial score (nSPS) is 10.0. The van der Waals surface area contributed by atoms with Crippen LogP contribution in [0.4, 0.5) is 15.8 Å². The van der Waals surface area contributed by atoms with Gasteiger partial charge in [0.25, 0.3) is 5.91 Å². The van der Waals surface area contributed by atoms with E-state index in [4.69, 9.17) is 16.3 Å². The number of hydrogen-bond donors (Lipinski definition) is 3. The molecule has 0 bridgehead atoms. The number of benzene rings is 3. The van der Waals surface area contributed by atoms with Gasteiger partial charge in [0.1, 0.15) is 12.4 Å². The first-order valence-electron chi connectivity index (χ1n) is 9.40. The molecular weight excluding hydrogens is 462 g/mol. The number of anilines is 2. The van der Waals surface area contributed by atoms with E-state index in [9.17, 15) is 23.9 Å². The van der Waals surface area contributed by atoms with Crippen LogP contribution in [0.5, 0.6) is 0 Å². The monoisotopic (exact) mass is 480 g/mol. The number of aromatic carboxylic acids is 1. The van der Waals surface area contributed by atoms with Crippen LogP contribution < -0.4 is 40.2 Å². The van der Waals surface area contributed by atoms with Crippen LogP contribution >= 0.6 is 11.6 Å². The smallest absolute Gasteiger partial charge is 1.00 e. The van der Waals surface area contributed by atoms with Gasteiger partial charge in [0, 0.05) is 10.7 Å². The Labute approximate surface area is 217 Å². The van der Waals surface area contributed by atoms with Gasteiger partial charge in [-0.25, -0.2) is 9.18 Å². The molecule has 1 amide bonds. The Bertz CT molecular complexity index is 1150. The first kappa shape index (κ1) is 26.3. The molecule has 0 aliphatic carbocycles. The number of halogens is 2. The number of nitrogens with one attached hydrogen (secondary N) is 2. The predicted molar refractivity (Wildman–Crippen MR) is 119 cm³/mol. The summed E-state index contributed by atoms with van der Waals surface area (Å²) in [7, 11) is 0. The molecule has 0 fully saturated rings. The van der Waals surface area contributed by atoms with Gasteiger partial charge < -0.3 is 21.9 Å². The zero-order valence-electron chi connectivity index (χ0n) is 18.6. The summed E-state index contributed by atoms with van der Waals surface area (Å²) in [5, 5.41) is 14.6. The van der Waals surface area contributed by atoms with Crippen molar-refractivity contribution < 1.29 is 59.6 Å². The zero-order valence-corrected chi connectivity index (χ0v) is 20.4. The molecule has 0 radical (unpaired) electrons. The maximum atomic E-state index is 13.0.